The van der Waals surface area contributed by atoms with Gasteiger partial charge in [0.15, 0.2) is 0 Å². The lowest BCUT2D eigenvalue weighted by Gasteiger charge is -2.15. The zero-order valence-electron chi connectivity index (χ0n) is 6.34. The van der Waals surface area contributed by atoms with Gasteiger partial charge in [-0.05, 0) is 26.0 Å². The number of aliphatic imine (C=N–C) groups is 1. The molecule has 10 heavy (non-hydrogen) atoms. The zero-order valence-corrected chi connectivity index (χ0v) is 6.34. The Morgan fingerprint density at radius 1 is 1.70 bits per heavy atom. The van der Waals surface area contributed by atoms with Crippen molar-refractivity contribution in [1.82, 2.24) is 0 Å². The van der Waals surface area contributed by atoms with Crippen LogP contribution in [0.2, 0.25) is 0 Å². The lowest BCUT2D eigenvalue weighted by Crippen LogP contribution is -2.17. The summed E-state index contributed by atoms with van der Waals surface area (Å²) in [5.41, 5.74) is 0. The predicted octanol–water partition coefficient (Wildman–Crippen LogP) is 1.59. The van der Waals surface area contributed by atoms with Gasteiger partial charge >= 0.3 is 0 Å². The van der Waals surface area contributed by atoms with E-state index in [1.54, 1.807) is 6.21 Å². The van der Waals surface area contributed by atoms with Crippen LogP contribution in [-0.4, -0.2) is 18.0 Å². The zero-order chi connectivity index (χ0) is 7.40. The highest BCUT2D eigenvalue weighted by molar-refractivity contribution is 5.80. The van der Waals surface area contributed by atoms with E-state index in [1.165, 1.54) is 0 Å². The molecule has 1 aliphatic carbocycles. The van der Waals surface area contributed by atoms with E-state index in [4.69, 9.17) is 0 Å². The Morgan fingerprint density at radius 2 is 2.50 bits per heavy atom. The largest absolute Gasteiger partial charge is 0.300 e. The van der Waals surface area contributed by atoms with E-state index in [1.807, 2.05) is 6.92 Å². The van der Waals surface area contributed by atoms with Crippen LogP contribution in [0.5, 0.6) is 0 Å². The lowest BCUT2D eigenvalue weighted by molar-refractivity contribution is -0.120. The van der Waals surface area contributed by atoms with Crippen molar-refractivity contribution in [2.24, 2.45) is 4.99 Å². The minimum atomic E-state index is 0.297. The van der Waals surface area contributed by atoms with E-state index in [9.17, 15) is 4.79 Å². The third-order valence-electron chi connectivity index (χ3n) is 1.82. The highest BCUT2D eigenvalue weighted by Gasteiger charge is 2.17. The second-order valence-corrected chi connectivity index (χ2v) is 2.70. The summed E-state index contributed by atoms with van der Waals surface area (Å²) in [6.07, 6.45) is 5.36. The maximum absolute atomic E-state index is 10.9. The molecule has 1 rings (SSSR count). The maximum atomic E-state index is 10.9. The fourth-order valence-electron chi connectivity index (χ4n) is 1.34. The summed E-state index contributed by atoms with van der Waals surface area (Å²) in [7, 11) is 0. The lowest BCUT2D eigenvalue weighted by atomic mass is 9.95. The molecule has 0 bridgehead atoms. The van der Waals surface area contributed by atoms with E-state index >= 15 is 0 Å². The topological polar surface area (TPSA) is 29.4 Å². The summed E-state index contributed by atoms with van der Waals surface area (Å²) >= 11 is 0. The molecule has 2 nitrogen and oxygen atoms in total. The van der Waals surface area contributed by atoms with E-state index in [0.29, 0.717) is 18.2 Å². The first-order valence-electron chi connectivity index (χ1n) is 3.82. The molecule has 0 radical (unpaired) electrons. The molecule has 0 aromatic heterocycles. The molecule has 0 N–H and O–H groups in total. The molecule has 0 aliphatic heterocycles. The molecular formula is C8H13NO. The first-order valence-corrected chi connectivity index (χ1v) is 3.82. The van der Waals surface area contributed by atoms with Crippen LogP contribution < -0.4 is 0 Å². The molecule has 1 aliphatic rings. The molecular weight excluding hydrogens is 126 g/mol. The molecule has 0 aromatic rings. The third kappa shape index (κ3) is 1.94. The first-order chi connectivity index (χ1) is 4.83. The van der Waals surface area contributed by atoms with Gasteiger partial charge in [0.1, 0.15) is 5.78 Å². The molecule has 0 heterocycles. The minimum absolute atomic E-state index is 0.297. The van der Waals surface area contributed by atoms with Gasteiger partial charge in [-0.2, -0.15) is 0 Å². The summed E-state index contributed by atoms with van der Waals surface area (Å²) in [6.45, 7) is 1.90. The van der Waals surface area contributed by atoms with Crippen molar-refractivity contribution in [3.8, 4) is 0 Å². The van der Waals surface area contributed by atoms with Crippen LogP contribution in [0.15, 0.2) is 4.99 Å². The summed E-state index contributed by atoms with van der Waals surface area (Å²) < 4.78 is 0. The van der Waals surface area contributed by atoms with Gasteiger partial charge in [-0.3, -0.25) is 9.79 Å². The summed E-state index contributed by atoms with van der Waals surface area (Å²) in [6, 6.07) is 0.297. The van der Waals surface area contributed by atoms with Crippen molar-refractivity contribution in [3.05, 3.63) is 0 Å². The molecule has 56 valence electrons. The SMILES string of the molecule is CC=NC1CCCC(=O)C1. The third-order valence-corrected chi connectivity index (χ3v) is 1.82. The number of nitrogens with zero attached hydrogens (tertiary/aromatic N) is 1. The van der Waals surface area contributed by atoms with Crippen LogP contribution in [0.1, 0.15) is 32.6 Å². The van der Waals surface area contributed by atoms with Crippen molar-refractivity contribution in [3.63, 3.8) is 0 Å². The van der Waals surface area contributed by atoms with Gasteiger partial charge in [-0.15, -0.1) is 0 Å². The van der Waals surface area contributed by atoms with Crippen LogP contribution >= 0.6 is 0 Å². The van der Waals surface area contributed by atoms with Crippen LogP contribution in [0.3, 0.4) is 0 Å². The Balaban J connectivity index is 2.39. The predicted molar refractivity (Wildman–Crippen MR) is 41.4 cm³/mol. The van der Waals surface area contributed by atoms with Crippen LogP contribution in [0, 0.1) is 0 Å². The van der Waals surface area contributed by atoms with Crippen LogP contribution in [-0.2, 0) is 4.79 Å². The molecule has 0 amide bonds. The van der Waals surface area contributed by atoms with Crippen LogP contribution in [0.4, 0.5) is 0 Å². The molecule has 1 fully saturated rings. The highest BCUT2D eigenvalue weighted by Crippen LogP contribution is 2.16. The Kier molecular flexibility index (Phi) is 2.60. The molecule has 0 spiro atoms. The molecule has 0 saturated heterocycles. The number of hydrogen-bond acceptors (Lipinski definition) is 2. The minimum Gasteiger partial charge on any atom is -0.300 e. The van der Waals surface area contributed by atoms with E-state index in [2.05, 4.69) is 4.99 Å². The van der Waals surface area contributed by atoms with E-state index < -0.39 is 0 Å². The molecule has 1 atom stereocenters. The number of hydrogen-bond donors (Lipinski definition) is 0. The van der Waals surface area contributed by atoms with Crippen molar-refractivity contribution in [2.45, 2.75) is 38.6 Å². The smallest absolute Gasteiger partial charge is 0.135 e. The van der Waals surface area contributed by atoms with Gasteiger partial charge in [-0.25, -0.2) is 0 Å². The normalized spacial score (nSPS) is 27.7. The number of Topliss-reactive ketones (excluding diaryl/α,β-unsaturated/α-hetero) is 1. The van der Waals surface area contributed by atoms with Gasteiger partial charge in [0.2, 0.25) is 0 Å². The second kappa shape index (κ2) is 3.49. The number of carbonyl (C=O) groups is 1. The number of carbonyl (C=O) groups excluding carboxylic acids is 1. The van der Waals surface area contributed by atoms with Crippen molar-refractivity contribution in [2.75, 3.05) is 0 Å². The van der Waals surface area contributed by atoms with Crippen molar-refractivity contribution >= 4 is 12.0 Å². The van der Waals surface area contributed by atoms with Crippen molar-refractivity contribution in [1.29, 1.82) is 0 Å². The average Bonchev–Trinajstić information content (AvgIpc) is 1.88. The summed E-state index contributed by atoms with van der Waals surface area (Å²) in [5.74, 6) is 0.377. The fourth-order valence-corrected chi connectivity index (χ4v) is 1.34. The van der Waals surface area contributed by atoms with E-state index in [0.717, 1.165) is 19.3 Å². The fraction of sp³-hybridized carbons (Fsp3) is 0.750. The Hall–Kier alpha value is -0.660. The average molecular weight is 139 g/mol. The van der Waals surface area contributed by atoms with Gasteiger partial charge in [-0.1, -0.05) is 0 Å². The van der Waals surface area contributed by atoms with Gasteiger partial charge in [0.25, 0.3) is 0 Å². The van der Waals surface area contributed by atoms with Gasteiger partial charge in [0, 0.05) is 12.8 Å². The molecule has 0 aromatic carbocycles. The molecule has 2 heteroatoms. The second-order valence-electron chi connectivity index (χ2n) is 2.70. The van der Waals surface area contributed by atoms with Crippen LogP contribution in [0.25, 0.3) is 0 Å². The maximum Gasteiger partial charge on any atom is 0.135 e. The number of ketones is 1. The highest BCUT2D eigenvalue weighted by atomic mass is 16.1. The summed E-state index contributed by atoms with van der Waals surface area (Å²) in [4.78, 5) is 15.1. The standard InChI is InChI=1S/C8H13NO/c1-2-9-7-4-3-5-8(10)6-7/h2,7H,3-6H2,1H3. The molecule has 1 saturated carbocycles. The first kappa shape index (κ1) is 7.45. The monoisotopic (exact) mass is 139 g/mol. The Bertz CT molecular complexity index is 151. The quantitative estimate of drug-likeness (QED) is 0.507. The van der Waals surface area contributed by atoms with E-state index in [-0.39, 0.29) is 0 Å². The Morgan fingerprint density at radius 3 is 3.10 bits per heavy atom. The number of rotatable bonds is 1. The van der Waals surface area contributed by atoms with Gasteiger partial charge in [0.05, 0.1) is 6.04 Å². The molecule has 1 unspecified atom stereocenters. The summed E-state index contributed by atoms with van der Waals surface area (Å²) in [5, 5.41) is 0. The Labute approximate surface area is 61.3 Å². The van der Waals surface area contributed by atoms with Crippen molar-refractivity contribution < 1.29 is 4.79 Å². The van der Waals surface area contributed by atoms with Gasteiger partial charge < -0.3 is 0 Å².